The normalized spacial score (nSPS) is 27.4. The highest BCUT2D eigenvalue weighted by Gasteiger charge is 2.31. The Morgan fingerprint density at radius 1 is 1.37 bits per heavy atom. The van der Waals surface area contributed by atoms with Crippen LogP contribution in [0.2, 0.25) is 0 Å². The third-order valence-corrected chi connectivity index (χ3v) is 4.78. The van der Waals surface area contributed by atoms with Gasteiger partial charge in [-0.25, -0.2) is 0 Å². The summed E-state index contributed by atoms with van der Waals surface area (Å²) in [5, 5.41) is 3.76. The van der Waals surface area contributed by atoms with Gasteiger partial charge in [-0.05, 0) is 75.9 Å². The molecule has 3 heteroatoms. The van der Waals surface area contributed by atoms with E-state index in [1.54, 1.807) is 0 Å². The standard InChI is InChI=1S/C16H25N3/c1-13-12-17-7-4-14(13)5-8-18-15-6-10-19-9-2-3-16(19)11-15/h4,7,12,15-16,18H,2-3,5-6,8-11H2,1H3. The molecule has 2 aliphatic rings. The maximum absolute atomic E-state index is 4.15. The second-order valence-electron chi connectivity index (χ2n) is 6.06. The number of hydrogen-bond acceptors (Lipinski definition) is 3. The van der Waals surface area contributed by atoms with Gasteiger partial charge in [-0.3, -0.25) is 4.98 Å². The second-order valence-corrected chi connectivity index (χ2v) is 6.06. The van der Waals surface area contributed by atoms with Crippen molar-refractivity contribution in [1.82, 2.24) is 15.2 Å². The number of piperidine rings is 1. The summed E-state index contributed by atoms with van der Waals surface area (Å²) in [7, 11) is 0. The van der Waals surface area contributed by atoms with E-state index in [-0.39, 0.29) is 0 Å². The van der Waals surface area contributed by atoms with Crippen molar-refractivity contribution in [1.29, 1.82) is 0 Å². The zero-order chi connectivity index (χ0) is 13.1. The second kappa shape index (κ2) is 6.02. The van der Waals surface area contributed by atoms with Crippen LogP contribution in [0, 0.1) is 6.92 Å². The summed E-state index contributed by atoms with van der Waals surface area (Å²) in [5.74, 6) is 0. The Bertz CT molecular complexity index is 418. The minimum Gasteiger partial charge on any atom is -0.314 e. The first-order valence-electron chi connectivity index (χ1n) is 7.70. The lowest BCUT2D eigenvalue weighted by Crippen LogP contribution is -2.46. The van der Waals surface area contributed by atoms with Crippen LogP contribution in [0.5, 0.6) is 0 Å². The number of hydrogen-bond donors (Lipinski definition) is 1. The average Bonchev–Trinajstić information content (AvgIpc) is 2.88. The van der Waals surface area contributed by atoms with Gasteiger partial charge in [0.2, 0.25) is 0 Å². The molecule has 1 aromatic heterocycles. The number of nitrogens with zero attached hydrogens (tertiary/aromatic N) is 2. The molecule has 0 spiro atoms. The lowest BCUT2D eigenvalue weighted by molar-refractivity contribution is 0.167. The molecule has 2 atom stereocenters. The van der Waals surface area contributed by atoms with Crippen LogP contribution in [-0.2, 0) is 6.42 Å². The molecule has 1 aromatic rings. The predicted molar refractivity (Wildman–Crippen MR) is 78.3 cm³/mol. The minimum atomic E-state index is 0.737. The van der Waals surface area contributed by atoms with Crippen molar-refractivity contribution in [2.45, 2.75) is 51.1 Å². The van der Waals surface area contributed by atoms with E-state index >= 15 is 0 Å². The molecule has 2 unspecified atom stereocenters. The highest BCUT2D eigenvalue weighted by atomic mass is 15.2. The summed E-state index contributed by atoms with van der Waals surface area (Å²) in [6.45, 7) is 5.89. The van der Waals surface area contributed by atoms with E-state index in [2.05, 4.69) is 28.2 Å². The number of fused-ring (bicyclic) bond motifs is 1. The van der Waals surface area contributed by atoms with Crippen molar-refractivity contribution in [3.8, 4) is 0 Å². The van der Waals surface area contributed by atoms with E-state index in [4.69, 9.17) is 0 Å². The molecule has 1 N–H and O–H groups in total. The summed E-state index contributed by atoms with van der Waals surface area (Å²) >= 11 is 0. The lowest BCUT2D eigenvalue weighted by atomic mass is 9.97. The third-order valence-electron chi connectivity index (χ3n) is 4.78. The Labute approximate surface area is 116 Å². The van der Waals surface area contributed by atoms with E-state index in [0.717, 1.165) is 25.0 Å². The molecule has 2 fully saturated rings. The molecule has 2 aliphatic heterocycles. The third kappa shape index (κ3) is 3.15. The van der Waals surface area contributed by atoms with Gasteiger partial charge < -0.3 is 10.2 Å². The van der Waals surface area contributed by atoms with Crippen LogP contribution in [0.3, 0.4) is 0 Å². The fraction of sp³-hybridized carbons (Fsp3) is 0.688. The monoisotopic (exact) mass is 259 g/mol. The number of nitrogens with one attached hydrogen (secondary N) is 1. The first kappa shape index (κ1) is 13.1. The molecule has 0 amide bonds. The molecule has 0 aliphatic carbocycles. The van der Waals surface area contributed by atoms with Crippen LogP contribution < -0.4 is 5.32 Å². The predicted octanol–water partition coefficient (Wildman–Crippen LogP) is 2.15. The van der Waals surface area contributed by atoms with Crippen molar-refractivity contribution in [2.75, 3.05) is 19.6 Å². The summed E-state index contributed by atoms with van der Waals surface area (Å²) in [6.07, 6.45) is 10.5. The van der Waals surface area contributed by atoms with Gasteiger partial charge >= 0.3 is 0 Å². The van der Waals surface area contributed by atoms with Crippen LogP contribution in [0.25, 0.3) is 0 Å². The quantitative estimate of drug-likeness (QED) is 0.898. The van der Waals surface area contributed by atoms with Gasteiger partial charge in [-0.1, -0.05) is 0 Å². The van der Waals surface area contributed by atoms with E-state index < -0.39 is 0 Å². The maximum atomic E-state index is 4.15. The highest BCUT2D eigenvalue weighted by molar-refractivity contribution is 5.21. The topological polar surface area (TPSA) is 28.2 Å². The number of aryl methyl sites for hydroxylation is 1. The van der Waals surface area contributed by atoms with E-state index in [0.29, 0.717) is 0 Å². The summed E-state index contributed by atoms with van der Waals surface area (Å²) in [5.41, 5.74) is 2.75. The van der Waals surface area contributed by atoms with Gasteiger partial charge in [0.15, 0.2) is 0 Å². The van der Waals surface area contributed by atoms with E-state index in [9.17, 15) is 0 Å². The van der Waals surface area contributed by atoms with Gasteiger partial charge in [0.25, 0.3) is 0 Å². The molecule has 0 radical (unpaired) electrons. The molecule has 0 saturated carbocycles. The van der Waals surface area contributed by atoms with Crippen LogP contribution in [-0.4, -0.2) is 41.6 Å². The van der Waals surface area contributed by atoms with Gasteiger partial charge in [0.05, 0.1) is 0 Å². The van der Waals surface area contributed by atoms with Crippen LogP contribution in [0.15, 0.2) is 18.5 Å². The van der Waals surface area contributed by atoms with Crippen LogP contribution in [0.4, 0.5) is 0 Å². The van der Waals surface area contributed by atoms with Crippen molar-refractivity contribution in [3.63, 3.8) is 0 Å². The number of rotatable bonds is 4. The van der Waals surface area contributed by atoms with Crippen molar-refractivity contribution >= 4 is 0 Å². The Morgan fingerprint density at radius 3 is 3.21 bits per heavy atom. The van der Waals surface area contributed by atoms with Crippen LogP contribution in [0.1, 0.15) is 36.8 Å². The number of pyridine rings is 1. The van der Waals surface area contributed by atoms with Crippen molar-refractivity contribution < 1.29 is 0 Å². The smallest absolute Gasteiger partial charge is 0.0299 e. The van der Waals surface area contributed by atoms with E-state index in [1.165, 1.54) is 49.9 Å². The van der Waals surface area contributed by atoms with Gasteiger partial charge in [-0.15, -0.1) is 0 Å². The van der Waals surface area contributed by atoms with Crippen LogP contribution >= 0.6 is 0 Å². The molecule has 0 aromatic carbocycles. The van der Waals surface area contributed by atoms with Gasteiger partial charge in [0.1, 0.15) is 0 Å². The Hall–Kier alpha value is -0.930. The molecule has 104 valence electrons. The SMILES string of the molecule is Cc1cnccc1CCNC1CCN2CCCC2C1. The maximum Gasteiger partial charge on any atom is 0.0299 e. The summed E-state index contributed by atoms with van der Waals surface area (Å²) < 4.78 is 0. The zero-order valence-corrected chi connectivity index (χ0v) is 11.9. The molecule has 0 bridgehead atoms. The molecule has 2 saturated heterocycles. The van der Waals surface area contributed by atoms with Gasteiger partial charge in [-0.2, -0.15) is 0 Å². The van der Waals surface area contributed by atoms with E-state index in [1.807, 2.05) is 12.4 Å². The first-order valence-corrected chi connectivity index (χ1v) is 7.70. The van der Waals surface area contributed by atoms with Gasteiger partial charge in [0, 0.05) is 24.5 Å². The zero-order valence-electron chi connectivity index (χ0n) is 11.9. The fourth-order valence-electron chi connectivity index (χ4n) is 3.60. The Morgan fingerprint density at radius 2 is 2.32 bits per heavy atom. The first-order chi connectivity index (χ1) is 9.33. The average molecular weight is 259 g/mol. The molecule has 3 heterocycles. The summed E-state index contributed by atoms with van der Waals surface area (Å²) in [6, 6.07) is 3.76. The van der Waals surface area contributed by atoms with Crippen molar-refractivity contribution in [3.05, 3.63) is 29.6 Å². The molecule has 19 heavy (non-hydrogen) atoms. The molecule has 3 nitrogen and oxygen atoms in total. The molecular weight excluding hydrogens is 234 g/mol. The number of aromatic nitrogens is 1. The molecular formula is C16H25N3. The summed E-state index contributed by atoms with van der Waals surface area (Å²) in [4.78, 5) is 6.84. The van der Waals surface area contributed by atoms with Crippen molar-refractivity contribution in [2.24, 2.45) is 0 Å². The minimum absolute atomic E-state index is 0.737. The fourth-order valence-corrected chi connectivity index (χ4v) is 3.60. The highest BCUT2D eigenvalue weighted by Crippen LogP contribution is 2.26. The lowest BCUT2D eigenvalue weighted by Gasteiger charge is -2.35. The Kier molecular flexibility index (Phi) is 4.14. The molecule has 3 rings (SSSR count). The Balaban J connectivity index is 1.44. The largest absolute Gasteiger partial charge is 0.314 e.